The highest BCUT2D eigenvalue weighted by molar-refractivity contribution is 7.55. The minimum absolute atomic E-state index is 0.171. The third-order valence-electron chi connectivity index (χ3n) is 3.64. The molecule has 1 saturated heterocycles. The van der Waals surface area contributed by atoms with Crippen LogP contribution in [0.1, 0.15) is 39.5 Å². The molecular formula is C13H25N2O3P. The summed E-state index contributed by atoms with van der Waals surface area (Å²) in [6, 6.07) is 0. The molecule has 5 nitrogen and oxygen atoms in total. The topological polar surface area (TPSA) is 51.1 Å². The number of fused-ring (bicyclic) bond motifs is 1. The smallest absolute Gasteiger partial charge is 0.341 e. The molecule has 0 aromatic heterocycles. The van der Waals surface area contributed by atoms with Crippen molar-refractivity contribution in [1.82, 2.24) is 4.90 Å². The molecule has 0 N–H and O–H groups in total. The fourth-order valence-corrected chi connectivity index (χ4v) is 5.04. The Morgan fingerprint density at radius 2 is 1.89 bits per heavy atom. The molecule has 0 spiro atoms. The van der Waals surface area contributed by atoms with E-state index in [1.165, 1.54) is 0 Å². The van der Waals surface area contributed by atoms with Gasteiger partial charge in [-0.1, -0.05) is 6.42 Å². The number of rotatable bonds is 5. The van der Waals surface area contributed by atoms with Gasteiger partial charge in [0.1, 0.15) is 11.5 Å². The Balaban J connectivity index is 2.27. The van der Waals surface area contributed by atoms with Crippen molar-refractivity contribution in [3.05, 3.63) is 0 Å². The van der Waals surface area contributed by atoms with E-state index in [9.17, 15) is 4.57 Å². The van der Waals surface area contributed by atoms with Gasteiger partial charge in [0.25, 0.3) is 0 Å². The van der Waals surface area contributed by atoms with Crippen molar-refractivity contribution < 1.29 is 13.6 Å². The van der Waals surface area contributed by atoms with Crippen LogP contribution in [0.15, 0.2) is 4.99 Å². The van der Waals surface area contributed by atoms with Crippen LogP contribution >= 0.6 is 7.60 Å². The van der Waals surface area contributed by atoms with Crippen LogP contribution in [0, 0.1) is 0 Å². The Morgan fingerprint density at radius 1 is 1.21 bits per heavy atom. The van der Waals surface area contributed by atoms with Crippen molar-refractivity contribution in [2.75, 3.05) is 32.8 Å². The van der Waals surface area contributed by atoms with E-state index in [0.717, 1.165) is 51.2 Å². The second-order valence-electron chi connectivity index (χ2n) is 4.97. The number of nitrogens with zero attached hydrogens (tertiary/aromatic N) is 2. The monoisotopic (exact) mass is 288 g/mol. The molecule has 0 aliphatic carbocycles. The predicted octanol–water partition coefficient (Wildman–Crippen LogP) is 2.91. The summed E-state index contributed by atoms with van der Waals surface area (Å²) in [6.07, 6.45) is 4.13. The van der Waals surface area contributed by atoms with Crippen LogP contribution in [0.4, 0.5) is 0 Å². The number of amidine groups is 1. The van der Waals surface area contributed by atoms with E-state index in [4.69, 9.17) is 9.05 Å². The molecule has 2 rings (SSSR count). The zero-order valence-electron chi connectivity index (χ0n) is 12.0. The summed E-state index contributed by atoms with van der Waals surface area (Å²) in [4.78, 5) is 6.92. The Bertz CT molecular complexity index is 363. The van der Waals surface area contributed by atoms with Gasteiger partial charge >= 0.3 is 7.60 Å². The van der Waals surface area contributed by atoms with Crippen molar-refractivity contribution in [3.8, 4) is 0 Å². The van der Waals surface area contributed by atoms with Crippen LogP contribution < -0.4 is 0 Å². The Morgan fingerprint density at radius 3 is 2.58 bits per heavy atom. The summed E-state index contributed by atoms with van der Waals surface area (Å²) in [6.45, 7) is 7.44. The SMILES string of the molecule is CCOP(=O)(OCC)C1CCCCN2CCCN=C12. The first kappa shape index (κ1) is 15.0. The van der Waals surface area contributed by atoms with Gasteiger partial charge < -0.3 is 13.9 Å². The molecule has 0 saturated carbocycles. The van der Waals surface area contributed by atoms with Crippen LogP contribution in [-0.4, -0.2) is 49.2 Å². The van der Waals surface area contributed by atoms with Crippen molar-refractivity contribution in [2.45, 2.75) is 45.2 Å². The second-order valence-corrected chi connectivity index (χ2v) is 7.19. The number of aliphatic imine (C=N–C) groups is 1. The average Bonchev–Trinajstić information content (AvgIpc) is 2.62. The fourth-order valence-electron chi connectivity index (χ4n) is 2.86. The van der Waals surface area contributed by atoms with Crippen LogP contribution in [0.25, 0.3) is 0 Å². The number of hydrogen-bond acceptors (Lipinski definition) is 5. The molecule has 2 aliphatic rings. The van der Waals surface area contributed by atoms with E-state index in [1.807, 2.05) is 13.8 Å². The first-order valence-corrected chi connectivity index (χ1v) is 9.00. The van der Waals surface area contributed by atoms with Gasteiger partial charge in [-0.2, -0.15) is 0 Å². The minimum atomic E-state index is -3.08. The van der Waals surface area contributed by atoms with Gasteiger partial charge in [-0.3, -0.25) is 9.56 Å². The molecule has 2 heterocycles. The van der Waals surface area contributed by atoms with E-state index in [1.54, 1.807) is 0 Å². The first-order valence-electron chi connectivity index (χ1n) is 7.39. The lowest BCUT2D eigenvalue weighted by molar-refractivity contribution is 0.214. The molecule has 0 bridgehead atoms. The first-order chi connectivity index (χ1) is 9.21. The third-order valence-corrected chi connectivity index (χ3v) is 6.13. The number of hydrogen-bond donors (Lipinski definition) is 0. The summed E-state index contributed by atoms with van der Waals surface area (Å²) in [7, 11) is -3.08. The zero-order chi connectivity index (χ0) is 13.7. The summed E-state index contributed by atoms with van der Waals surface area (Å²) in [5, 5.41) is 0. The molecule has 6 heteroatoms. The lowest BCUT2D eigenvalue weighted by Gasteiger charge is -2.34. The normalized spacial score (nSPS) is 24.6. The van der Waals surface area contributed by atoms with Gasteiger partial charge in [-0.05, 0) is 33.1 Å². The van der Waals surface area contributed by atoms with E-state index in [-0.39, 0.29) is 5.66 Å². The standard InChI is InChI=1S/C13H25N2O3P/c1-3-17-19(16,18-4-2)12-8-5-6-10-15-11-7-9-14-13(12)15/h12H,3-11H2,1-2H3. The molecule has 0 aromatic rings. The van der Waals surface area contributed by atoms with Crippen molar-refractivity contribution in [1.29, 1.82) is 0 Å². The van der Waals surface area contributed by atoms with Gasteiger partial charge in [0.05, 0.1) is 13.2 Å². The highest BCUT2D eigenvalue weighted by Crippen LogP contribution is 2.56. The van der Waals surface area contributed by atoms with E-state index >= 15 is 0 Å². The van der Waals surface area contributed by atoms with Crippen LogP contribution in [0.3, 0.4) is 0 Å². The molecule has 1 atom stereocenters. The molecule has 19 heavy (non-hydrogen) atoms. The molecule has 0 radical (unpaired) electrons. The predicted molar refractivity (Wildman–Crippen MR) is 77.0 cm³/mol. The summed E-state index contributed by atoms with van der Waals surface area (Å²) >= 11 is 0. The van der Waals surface area contributed by atoms with Crippen molar-refractivity contribution in [3.63, 3.8) is 0 Å². The van der Waals surface area contributed by atoms with Gasteiger partial charge in [0.2, 0.25) is 0 Å². The van der Waals surface area contributed by atoms with Crippen LogP contribution in [0.2, 0.25) is 0 Å². The molecule has 110 valence electrons. The van der Waals surface area contributed by atoms with Gasteiger partial charge in [0, 0.05) is 19.6 Å². The van der Waals surface area contributed by atoms with Crippen molar-refractivity contribution >= 4 is 13.4 Å². The zero-order valence-corrected chi connectivity index (χ0v) is 12.9. The van der Waals surface area contributed by atoms with E-state index in [0.29, 0.717) is 13.2 Å². The van der Waals surface area contributed by atoms with Crippen LogP contribution in [-0.2, 0) is 13.6 Å². The average molecular weight is 288 g/mol. The maximum absolute atomic E-state index is 13.0. The van der Waals surface area contributed by atoms with Gasteiger partial charge in [0.15, 0.2) is 0 Å². The third kappa shape index (κ3) is 3.39. The lowest BCUT2D eigenvalue weighted by atomic mass is 10.2. The summed E-state index contributed by atoms with van der Waals surface area (Å²) < 4.78 is 24.1. The molecule has 0 aromatic carbocycles. The van der Waals surface area contributed by atoms with E-state index < -0.39 is 7.60 Å². The Kier molecular flexibility index (Phi) is 5.43. The second kappa shape index (κ2) is 6.87. The fraction of sp³-hybridized carbons (Fsp3) is 0.923. The Hall–Kier alpha value is -0.380. The van der Waals surface area contributed by atoms with Crippen LogP contribution in [0.5, 0.6) is 0 Å². The highest BCUT2D eigenvalue weighted by atomic mass is 31.2. The lowest BCUT2D eigenvalue weighted by Crippen LogP contribution is -2.42. The highest BCUT2D eigenvalue weighted by Gasteiger charge is 2.42. The maximum atomic E-state index is 13.0. The van der Waals surface area contributed by atoms with Crippen molar-refractivity contribution in [2.24, 2.45) is 4.99 Å². The molecule has 1 unspecified atom stereocenters. The molecule has 1 fully saturated rings. The van der Waals surface area contributed by atoms with Gasteiger partial charge in [-0.25, -0.2) is 0 Å². The Labute approximate surface area is 115 Å². The van der Waals surface area contributed by atoms with E-state index in [2.05, 4.69) is 9.89 Å². The summed E-state index contributed by atoms with van der Waals surface area (Å²) in [5.74, 6) is 0.967. The summed E-state index contributed by atoms with van der Waals surface area (Å²) in [5.41, 5.74) is -0.171. The largest absolute Gasteiger partial charge is 0.360 e. The molecular weight excluding hydrogens is 263 g/mol. The van der Waals surface area contributed by atoms with Gasteiger partial charge in [-0.15, -0.1) is 0 Å². The molecule has 0 amide bonds. The molecule has 2 aliphatic heterocycles. The minimum Gasteiger partial charge on any atom is -0.360 e. The quantitative estimate of drug-likeness (QED) is 0.730. The maximum Gasteiger partial charge on any atom is 0.341 e.